The molecule has 0 atom stereocenters. The molecule has 0 heterocycles. The van der Waals surface area contributed by atoms with Crippen LogP contribution in [0.2, 0.25) is 0 Å². The van der Waals surface area contributed by atoms with Gasteiger partial charge in [0.1, 0.15) is 0 Å². The monoisotopic (exact) mass is 309 g/mol. The molecule has 2 aromatic rings. The predicted molar refractivity (Wildman–Crippen MR) is 95.7 cm³/mol. The third-order valence-corrected chi connectivity index (χ3v) is 3.44. The van der Waals surface area contributed by atoms with E-state index >= 15 is 0 Å². The fourth-order valence-corrected chi connectivity index (χ4v) is 2.34. The molecule has 0 fully saturated rings. The zero-order valence-corrected chi connectivity index (χ0v) is 14.4. The van der Waals surface area contributed by atoms with E-state index < -0.39 is 0 Å². The Bertz CT molecular complexity index is 776. The second-order valence-electron chi connectivity index (χ2n) is 6.43. The van der Waals surface area contributed by atoms with Gasteiger partial charge in [-0.15, -0.1) is 0 Å². The lowest BCUT2D eigenvalue weighted by atomic mass is 9.97. The molecule has 0 saturated heterocycles. The van der Waals surface area contributed by atoms with Gasteiger partial charge in [0.25, 0.3) is 0 Å². The van der Waals surface area contributed by atoms with E-state index in [0.717, 1.165) is 22.0 Å². The van der Waals surface area contributed by atoms with Gasteiger partial charge >= 0.3 is 6.09 Å². The van der Waals surface area contributed by atoms with Crippen LogP contribution in [0.4, 0.5) is 10.5 Å². The van der Waals surface area contributed by atoms with Crippen LogP contribution in [0.1, 0.15) is 33.3 Å². The van der Waals surface area contributed by atoms with Gasteiger partial charge in [-0.05, 0) is 51.3 Å². The highest BCUT2D eigenvalue weighted by molar-refractivity contribution is 6.02. The number of ether oxygens (including phenoxy) is 1. The van der Waals surface area contributed by atoms with Crippen molar-refractivity contribution in [1.29, 1.82) is 0 Å². The number of nitrogens with zero attached hydrogens (tertiary/aromatic N) is 1. The Labute approximate surface area is 138 Å². The number of carbonyl (C=O) groups excluding carboxylic acids is 1. The summed E-state index contributed by atoms with van der Waals surface area (Å²) < 4.78 is 4.89. The van der Waals surface area contributed by atoms with Crippen LogP contribution in [-0.4, -0.2) is 19.7 Å². The van der Waals surface area contributed by atoms with Crippen molar-refractivity contribution in [3.8, 4) is 11.8 Å². The minimum absolute atomic E-state index is 0.0457. The Morgan fingerprint density at radius 3 is 2.57 bits per heavy atom. The summed E-state index contributed by atoms with van der Waals surface area (Å²) in [5.41, 5.74) is 1.74. The number of hydrogen-bond acceptors (Lipinski definition) is 2. The number of benzene rings is 2. The van der Waals surface area contributed by atoms with Gasteiger partial charge in [0.2, 0.25) is 0 Å². The number of amides is 1. The molecule has 1 amide bonds. The Morgan fingerprint density at radius 1 is 1.22 bits per heavy atom. The van der Waals surface area contributed by atoms with E-state index in [9.17, 15) is 4.79 Å². The highest BCUT2D eigenvalue weighted by Crippen LogP contribution is 2.28. The second kappa shape index (κ2) is 6.75. The lowest BCUT2D eigenvalue weighted by Gasteiger charge is -2.21. The van der Waals surface area contributed by atoms with Crippen LogP contribution >= 0.6 is 0 Å². The SMILES string of the molecule is CCN(C(=O)OC)c1cccc2ccc(C#CC(C)(C)C)cc12. The summed E-state index contributed by atoms with van der Waals surface area (Å²) in [6.45, 7) is 8.73. The Morgan fingerprint density at radius 2 is 1.96 bits per heavy atom. The molecule has 0 bridgehead atoms. The molecule has 0 saturated carbocycles. The number of anilines is 1. The number of rotatable bonds is 2. The van der Waals surface area contributed by atoms with Crippen LogP contribution in [0, 0.1) is 17.3 Å². The summed E-state index contributed by atoms with van der Waals surface area (Å²) in [7, 11) is 1.40. The summed E-state index contributed by atoms with van der Waals surface area (Å²) in [6.07, 6.45) is -0.355. The second-order valence-corrected chi connectivity index (χ2v) is 6.43. The van der Waals surface area contributed by atoms with Crippen LogP contribution in [-0.2, 0) is 4.74 Å². The molecule has 3 nitrogen and oxygen atoms in total. The maximum absolute atomic E-state index is 12.0. The van der Waals surface area contributed by atoms with E-state index in [4.69, 9.17) is 4.74 Å². The number of hydrogen-bond donors (Lipinski definition) is 0. The van der Waals surface area contributed by atoms with Crippen LogP contribution in [0.15, 0.2) is 36.4 Å². The maximum Gasteiger partial charge on any atom is 0.414 e. The van der Waals surface area contributed by atoms with E-state index in [0.29, 0.717) is 6.54 Å². The van der Waals surface area contributed by atoms with Gasteiger partial charge in [-0.1, -0.05) is 30.0 Å². The average Bonchev–Trinajstić information content (AvgIpc) is 2.52. The average molecular weight is 309 g/mol. The van der Waals surface area contributed by atoms with Crippen LogP contribution in [0.25, 0.3) is 10.8 Å². The zero-order valence-electron chi connectivity index (χ0n) is 14.4. The lowest BCUT2D eigenvalue weighted by molar-refractivity contribution is 0.179. The van der Waals surface area contributed by atoms with E-state index in [2.05, 4.69) is 32.6 Å². The molecule has 0 radical (unpaired) electrons. The summed E-state index contributed by atoms with van der Waals surface area (Å²) in [4.78, 5) is 13.6. The molecule has 3 heteroatoms. The molecule has 0 aliphatic rings. The van der Waals surface area contributed by atoms with Gasteiger partial charge in [0.05, 0.1) is 12.8 Å². The Balaban J connectivity index is 2.57. The molecule has 0 spiro atoms. The largest absolute Gasteiger partial charge is 0.452 e. The lowest BCUT2D eigenvalue weighted by Crippen LogP contribution is -2.30. The molecule has 0 aromatic heterocycles. The molecule has 0 aliphatic heterocycles. The Hall–Kier alpha value is -2.47. The molecule has 2 rings (SSSR count). The Kier molecular flexibility index (Phi) is 4.95. The van der Waals surface area contributed by atoms with E-state index in [1.54, 1.807) is 4.90 Å². The van der Waals surface area contributed by atoms with Crippen molar-refractivity contribution in [2.24, 2.45) is 5.41 Å². The first-order chi connectivity index (χ1) is 10.9. The van der Waals surface area contributed by atoms with Crippen molar-refractivity contribution in [1.82, 2.24) is 0 Å². The van der Waals surface area contributed by atoms with Gasteiger partial charge in [-0.3, -0.25) is 4.90 Å². The van der Waals surface area contributed by atoms with E-state index in [1.165, 1.54) is 7.11 Å². The van der Waals surface area contributed by atoms with Gasteiger partial charge in [-0.25, -0.2) is 4.79 Å². The molecule has 120 valence electrons. The third kappa shape index (κ3) is 4.04. The van der Waals surface area contributed by atoms with Crippen molar-refractivity contribution < 1.29 is 9.53 Å². The third-order valence-electron chi connectivity index (χ3n) is 3.44. The standard InChI is InChI=1S/C20H23NO2/c1-6-21(19(22)23-5)18-9-7-8-16-11-10-15(14-17(16)18)12-13-20(2,3)4/h7-11,14H,6H2,1-5H3. The normalized spacial score (nSPS) is 10.8. The minimum Gasteiger partial charge on any atom is -0.452 e. The first kappa shape index (κ1) is 16.9. The van der Waals surface area contributed by atoms with E-state index in [-0.39, 0.29) is 11.5 Å². The number of fused-ring (bicyclic) bond motifs is 1. The fourth-order valence-electron chi connectivity index (χ4n) is 2.34. The molecular formula is C20H23NO2. The topological polar surface area (TPSA) is 29.5 Å². The van der Waals surface area contributed by atoms with Crippen LogP contribution in [0.3, 0.4) is 0 Å². The van der Waals surface area contributed by atoms with Gasteiger partial charge in [-0.2, -0.15) is 0 Å². The summed E-state index contributed by atoms with van der Waals surface area (Å²) >= 11 is 0. The first-order valence-electron chi connectivity index (χ1n) is 7.77. The molecule has 0 aliphatic carbocycles. The van der Waals surface area contributed by atoms with Crippen LogP contribution in [0.5, 0.6) is 0 Å². The van der Waals surface area contributed by atoms with Crippen molar-refractivity contribution in [2.45, 2.75) is 27.7 Å². The van der Waals surface area contributed by atoms with Gasteiger partial charge < -0.3 is 4.74 Å². The molecule has 0 N–H and O–H groups in total. The number of methoxy groups -OCH3 is 1. The van der Waals surface area contributed by atoms with Crippen molar-refractivity contribution in [3.05, 3.63) is 42.0 Å². The van der Waals surface area contributed by atoms with E-state index in [1.807, 2.05) is 43.3 Å². The van der Waals surface area contributed by atoms with Gasteiger partial charge in [0.15, 0.2) is 0 Å². The highest BCUT2D eigenvalue weighted by Gasteiger charge is 2.16. The first-order valence-corrected chi connectivity index (χ1v) is 7.77. The maximum atomic E-state index is 12.0. The summed E-state index contributed by atoms with van der Waals surface area (Å²) in [5, 5.41) is 2.08. The van der Waals surface area contributed by atoms with Crippen LogP contribution < -0.4 is 4.90 Å². The van der Waals surface area contributed by atoms with Crippen molar-refractivity contribution >= 4 is 22.6 Å². The summed E-state index contributed by atoms with van der Waals surface area (Å²) in [5.74, 6) is 6.46. The number of carbonyl (C=O) groups is 1. The smallest absolute Gasteiger partial charge is 0.414 e. The van der Waals surface area contributed by atoms with Crippen molar-refractivity contribution in [3.63, 3.8) is 0 Å². The molecule has 2 aromatic carbocycles. The minimum atomic E-state index is -0.355. The molecule has 0 unspecified atom stereocenters. The predicted octanol–water partition coefficient (Wildman–Crippen LogP) is 4.83. The zero-order chi connectivity index (χ0) is 17.0. The molecule has 23 heavy (non-hydrogen) atoms. The van der Waals surface area contributed by atoms with Crippen molar-refractivity contribution in [2.75, 3.05) is 18.6 Å². The molecular weight excluding hydrogens is 286 g/mol. The fraction of sp³-hybridized carbons (Fsp3) is 0.350. The summed E-state index contributed by atoms with van der Waals surface area (Å²) in [6, 6.07) is 12.0. The van der Waals surface area contributed by atoms with Gasteiger partial charge in [0, 0.05) is 22.9 Å². The quantitative estimate of drug-likeness (QED) is 0.744. The highest BCUT2D eigenvalue weighted by atomic mass is 16.5.